The van der Waals surface area contributed by atoms with Gasteiger partial charge in [0.25, 0.3) is 5.91 Å². The van der Waals surface area contributed by atoms with Crippen LogP contribution in [0.15, 0.2) is 24.3 Å². The Kier molecular flexibility index (Phi) is 5.45. The van der Waals surface area contributed by atoms with Crippen LogP contribution in [-0.2, 0) is 15.7 Å². The van der Waals surface area contributed by atoms with Crippen LogP contribution in [0.1, 0.15) is 62.4 Å². The van der Waals surface area contributed by atoms with Gasteiger partial charge in [-0.1, -0.05) is 20.8 Å². The van der Waals surface area contributed by atoms with Gasteiger partial charge in [-0.2, -0.15) is 13.2 Å². The van der Waals surface area contributed by atoms with Gasteiger partial charge in [-0.05, 0) is 61.3 Å². The molecule has 1 heterocycles. The summed E-state index contributed by atoms with van der Waals surface area (Å²) in [4.78, 5) is 26.2. The van der Waals surface area contributed by atoms with Crippen molar-refractivity contribution < 1.29 is 32.6 Å². The molecule has 1 amide bonds. The maximum absolute atomic E-state index is 13.2. The molecule has 5 nitrogen and oxygen atoms in total. The van der Waals surface area contributed by atoms with Crippen LogP contribution in [0, 0.1) is 11.3 Å². The van der Waals surface area contributed by atoms with Crippen molar-refractivity contribution in [2.75, 3.05) is 6.61 Å². The number of hydrogen-bond donors (Lipinski definition) is 1. The standard InChI is InChI=1S/C21H26F3NO4/c1-19(2,3)14-8-10-20(11-9-14)25(16(12-29-20)18(27)28)17(26)13-4-6-15(7-5-13)21(22,23)24/h4-7,14,16H,8-12H2,1-3H3,(H,27,28). The molecule has 1 aliphatic heterocycles. The highest BCUT2D eigenvalue weighted by molar-refractivity contribution is 5.97. The number of carbonyl (C=O) groups is 2. The van der Waals surface area contributed by atoms with Crippen molar-refractivity contribution in [2.45, 2.75) is 64.4 Å². The third kappa shape index (κ3) is 4.13. The Morgan fingerprint density at radius 3 is 2.10 bits per heavy atom. The molecule has 29 heavy (non-hydrogen) atoms. The van der Waals surface area contributed by atoms with E-state index in [0.29, 0.717) is 18.8 Å². The molecule has 1 spiro atoms. The number of carboxylic acid groups (broad SMARTS) is 1. The fourth-order valence-electron chi connectivity index (χ4n) is 4.43. The van der Waals surface area contributed by atoms with Crippen LogP contribution >= 0.6 is 0 Å². The first-order valence-electron chi connectivity index (χ1n) is 9.73. The Morgan fingerprint density at radius 2 is 1.66 bits per heavy atom. The number of ether oxygens (including phenoxy) is 1. The quantitative estimate of drug-likeness (QED) is 0.772. The van der Waals surface area contributed by atoms with Crippen LogP contribution in [0.2, 0.25) is 0 Å². The van der Waals surface area contributed by atoms with Crippen molar-refractivity contribution in [3.8, 4) is 0 Å². The summed E-state index contributed by atoms with van der Waals surface area (Å²) >= 11 is 0. The van der Waals surface area contributed by atoms with Crippen molar-refractivity contribution >= 4 is 11.9 Å². The smallest absolute Gasteiger partial charge is 0.416 e. The normalized spacial score (nSPS) is 28.0. The zero-order valence-corrected chi connectivity index (χ0v) is 16.8. The lowest BCUT2D eigenvalue weighted by molar-refractivity contribution is -0.144. The number of carbonyl (C=O) groups excluding carboxylic acids is 1. The highest BCUT2D eigenvalue weighted by Crippen LogP contribution is 2.47. The van der Waals surface area contributed by atoms with E-state index in [9.17, 15) is 27.9 Å². The second-order valence-corrected chi connectivity index (χ2v) is 9.00. The first kappa shape index (κ1) is 21.6. The average Bonchev–Trinajstić information content (AvgIpc) is 2.99. The minimum atomic E-state index is -4.51. The maximum atomic E-state index is 13.2. The molecule has 0 radical (unpaired) electrons. The van der Waals surface area contributed by atoms with Gasteiger partial charge in [0.15, 0.2) is 6.04 Å². The molecule has 1 N–H and O–H groups in total. The summed E-state index contributed by atoms with van der Waals surface area (Å²) in [6.07, 6.45) is -1.93. The molecule has 0 aromatic heterocycles. The van der Waals surface area contributed by atoms with E-state index in [1.54, 1.807) is 0 Å². The first-order valence-corrected chi connectivity index (χ1v) is 9.73. The van der Waals surface area contributed by atoms with Crippen LogP contribution < -0.4 is 0 Å². The van der Waals surface area contributed by atoms with Gasteiger partial charge >= 0.3 is 12.1 Å². The van der Waals surface area contributed by atoms with Gasteiger partial charge in [0.1, 0.15) is 5.72 Å². The van der Waals surface area contributed by atoms with Gasteiger partial charge in [0, 0.05) is 5.56 Å². The zero-order valence-electron chi connectivity index (χ0n) is 16.8. The lowest BCUT2D eigenvalue weighted by Crippen LogP contribution is -2.55. The van der Waals surface area contributed by atoms with Crippen LogP contribution in [0.25, 0.3) is 0 Å². The fourth-order valence-corrected chi connectivity index (χ4v) is 4.43. The average molecular weight is 413 g/mol. The fraction of sp³-hybridized carbons (Fsp3) is 0.619. The van der Waals surface area contributed by atoms with Crippen LogP contribution in [0.5, 0.6) is 0 Å². The van der Waals surface area contributed by atoms with Crippen LogP contribution in [0.4, 0.5) is 13.2 Å². The Morgan fingerprint density at radius 1 is 1.10 bits per heavy atom. The predicted octanol–water partition coefficient (Wildman–Crippen LogP) is 4.56. The molecule has 3 rings (SSSR count). The molecular formula is C21H26F3NO4. The highest BCUT2D eigenvalue weighted by Gasteiger charge is 2.54. The molecule has 1 atom stereocenters. The van der Waals surface area contributed by atoms with Crippen LogP contribution in [0.3, 0.4) is 0 Å². The molecule has 1 saturated carbocycles. The molecular weight excluding hydrogens is 387 g/mol. The summed E-state index contributed by atoms with van der Waals surface area (Å²) in [5, 5.41) is 9.60. The number of amides is 1. The number of aliphatic carboxylic acids is 1. The van der Waals surface area contributed by atoms with Crippen molar-refractivity contribution in [3.05, 3.63) is 35.4 Å². The zero-order chi connectivity index (χ0) is 21.6. The second kappa shape index (κ2) is 7.31. The molecule has 0 bridgehead atoms. The van der Waals surface area contributed by atoms with Crippen molar-refractivity contribution in [3.63, 3.8) is 0 Å². The highest BCUT2D eigenvalue weighted by atomic mass is 19.4. The largest absolute Gasteiger partial charge is 0.480 e. The van der Waals surface area contributed by atoms with E-state index in [-0.39, 0.29) is 17.6 Å². The van der Waals surface area contributed by atoms with Gasteiger partial charge in [0.2, 0.25) is 0 Å². The Bertz CT molecular complexity index is 775. The second-order valence-electron chi connectivity index (χ2n) is 9.00. The monoisotopic (exact) mass is 413 g/mol. The molecule has 1 aliphatic carbocycles. The van der Waals surface area contributed by atoms with Gasteiger partial charge in [-0.3, -0.25) is 9.69 Å². The summed E-state index contributed by atoms with van der Waals surface area (Å²) in [5.74, 6) is -1.37. The first-order chi connectivity index (χ1) is 13.3. The Hall–Kier alpha value is -2.09. The minimum absolute atomic E-state index is 0.0204. The third-order valence-electron chi connectivity index (χ3n) is 6.22. The minimum Gasteiger partial charge on any atom is -0.480 e. The molecule has 1 saturated heterocycles. The third-order valence-corrected chi connectivity index (χ3v) is 6.22. The molecule has 8 heteroatoms. The van der Waals surface area contributed by atoms with E-state index in [2.05, 4.69) is 20.8 Å². The topological polar surface area (TPSA) is 66.8 Å². The van der Waals surface area contributed by atoms with Gasteiger partial charge in [-0.15, -0.1) is 0 Å². The van der Waals surface area contributed by atoms with E-state index in [4.69, 9.17) is 4.74 Å². The summed E-state index contributed by atoms with van der Waals surface area (Å²) < 4.78 is 44.3. The van der Waals surface area contributed by atoms with Crippen LogP contribution in [-0.4, -0.2) is 40.3 Å². The van der Waals surface area contributed by atoms with Crippen molar-refractivity contribution in [1.29, 1.82) is 0 Å². The molecule has 2 fully saturated rings. The van der Waals surface area contributed by atoms with Crippen molar-refractivity contribution in [1.82, 2.24) is 4.90 Å². The summed E-state index contributed by atoms with van der Waals surface area (Å²) in [6, 6.07) is 2.70. The number of rotatable bonds is 2. The maximum Gasteiger partial charge on any atom is 0.416 e. The van der Waals surface area contributed by atoms with E-state index < -0.39 is 35.4 Å². The number of benzene rings is 1. The number of carboxylic acids is 1. The van der Waals surface area contributed by atoms with E-state index in [1.165, 1.54) is 4.90 Å². The molecule has 2 aliphatic rings. The lowest BCUT2D eigenvalue weighted by Gasteiger charge is -2.46. The number of halogens is 3. The van der Waals surface area contributed by atoms with Crippen molar-refractivity contribution in [2.24, 2.45) is 11.3 Å². The molecule has 1 unspecified atom stereocenters. The number of hydrogen-bond acceptors (Lipinski definition) is 3. The molecule has 1 aromatic carbocycles. The summed E-state index contributed by atoms with van der Waals surface area (Å²) in [7, 11) is 0. The molecule has 160 valence electrons. The Labute approximate surface area is 167 Å². The number of nitrogens with zero attached hydrogens (tertiary/aromatic N) is 1. The Balaban J connectivity index is 1.88. The van der Waals surface area contributed by atoms with Gasteiger partial charge in [-0.25, -0.2) is 4.79 Å². The summed E-state index contributed by atoms with van der Waals surface area (Å²) in [5.41, 5.74) is -1.77. The summed E-state index contributed by atoms with van der Waals surface area (Å²) in [6.45, 7) is 6.32. The van der Waals surface area contributed by atoms with E-state index in [0.717, 1.165) is 37.1 Å². The van der Waals surface area contributed by atoms with E-state index >= 15 is 0 Å². The van der Waals surface area contributed by atoms with E-state index in [1.807, 2.05) is 0 Å². The molecule has 1 aromatic rings. The van der Waals surface area contributed by atoms with Gasteiger partial charge < -0.3 is 9.84 Å². The lowest BCUT2D eigenvalue weighted by atomic mass is 9.70. The predicted molar refractivity (Wildman–Crippen MR) is 99.1 cm³/mol. The number of alkyl halides is 3. The van der Waals surface area contributed by atoms with Gasteiger partial charge in [0.05, 0.1) is 12.2 Å². The SMILES string of the molecule is CC(C)(C)C1CCC2(CC1)OCC(C(=O)O)N2C(=O)c1ccc(C(F)(F)F)cc1.